The van der Waals surface area contributed by atoms with Crippen molar-refractivity contribution in [2.24, 2.45) is 0 Å². The predicted octanol–water partition coefficient (Wildman–Crippen LogP) is 3.08. The van der Waals surface area contributed by atoms with E-state index < -0.39 is 0 Å². The smallest absolute Gasteiger partial charge is 0.255 e. The molecule has 1 aliphatic rings. The zero-order chi connectivity index (χ0) is 16.1. The highest BCUT2D eigenvalue weighted by Crippen LogP contribution is 2.13. The van der Waals surface area contributed by atoms with Gasteiger partial charge in [0.15, 0.2) is 0 Å². The van der Waals surface area contributed by atoms with Crippen LogP contribution in [0.3, 0.4) is 0 Å². The maximum atomic E-state index is 12.3. The van der Waals surface area contributed by atoms with E-state index in [-0.39, 0.29) is 5.91 Å². The molecule has 23 heavy (non-hydrogen) atoms. The number of hydrogen-bond donors (Lipinski definition) is 1. The van der Waals surface area contributed by atoms with Gasteiger partial charge in [0.05, 0.1) is 13.2 Å². The van der Waals surface area contributed by atoms with E-state index in [0.29, 0.717) is 5.56 Å². The minimum absolute atomic E-state index is 0.0771. The first-order valence-corrected chi connectivity index (χ1v) is 7.98. The number of carbonyl (C=O) groups excluding carboxylic acids is 1. The first-order valence-electron chi connectivity index (χ1n) is 7.98. The average molecular weight is 310 g/mol. The Hall–Kier alpha value is -2.17. The average Bonchev–Trinajstić information content (AvgIpc) is 2.58. The van der Waals surface area contributed by atoms with Crippen molar-refractivity contribution in [3.63, 3.8) is 0 Å². The monoisotopic (exact) mass is 310 g/mol. The van der Waals surface area contributed by atoms with Gasteiger partial charge in [0.25, 0.3) is 5.91 Å². The molecule has 4 heteroatoms. The quantitative estimate of drug-likeness (QED) is 0.943. The molecule has 0 radical (unpaired) electrons. The van der Waals surface area contributed by atoms with E-state index in [0.717, 1.165) is 38.5 Å². The third-order valence-corrected chi connectivity index (χ3v) is 4.04. The molecule has 1 aliphatic heterocycles. The van der Waals surface area contributed by atoms with Gasteiger partial charge in [0.1, 0.15) is 0 Å². The van der Waals surface area contributed by atoms with Gasteiger partial charge in [0.2, 0.25) is 0 Å². The molecular weight excluding hydrogens is 288 g/mol. The second kappa shape index (κ2) is 7.40. The van der Waals surface area contributed by atoms with Crippen LogP contribution in [0.4, 0.5) is 5.69 Å². The highest BCUT2D eigenvalue weighted by atomic mass is 16.5. The first-order chi connectivity index (χ1) is 11.2. The summed E-state index contributed by atoms with van der Waals surface area (Å²) in [7, 11) is 0. The van der Waals surface area contributed by atoms with E-state index in [4.69, 9.17) is 4.74 Å². The third-order valence-electron chi connectivity index (χ3n) is 4.04. The van der Waals surface area contributed by atoms with Crippen molar-refractivity contribution in [3.8, 4) is 0 Å². The number of nitrogens with zero attached hydrogens (tertiary/aromatic N) is 1. The SMILES string of the molecule is Cc1ccc(NC(=O)c2ccc(CN3CCOCC3)cc2)cc1. The standard InChI is InChI=1S/C19H22N2O2/c1-15-2-8-18(9-3-15)20-19(22)17-6-4-16(5-7-17)14-21-10-12-23-13-11-21/h2-9H,10-14H2,1H3,(H,20,22). The lowest BCUT2D eigenvalue weighted by molar-refractivity contribution is 0.0342. The summed E-state index contributed by atoms with van der Waals surface area (Å²) in [6.45, 7) is 6.47. The molecule has 1 fully saturated rings. The molecule has 0 unspecified atom stereocenters. The number of rotatable bonds is 4. The second-order valence-electron chi connectivity index (χ2n) is 5.91. The summed E-state index contributed by atoms with van der Waals surface area (Å²) in [5, 5.41) is 2.92. The molecule has 4 nitrogen and oxygen atoms in total. The number of hydrogen-bond acceptors (Lipinski definition) is 3. The highest BCUT2D eigenvalue weighted by molar-refractivity contribution is 6.04. The van der Waals surface area contributed by atoms with Crippen LogP contribution in [0.15, 0.2) is 48.5 Å². The summed E-state index contributed by atoms with van der Waals surface area (Å²) in [6, 6.07) is 15.6. The zero-order valence-corrected chi connectivity index (χ0v) is 13.4. The molecule has 0 saturated carbocycles. The maximum Gasteiger partial charge on any atom is 0.255 e. The van der Waals surface area contributed by atoms with Crippen LogP contribution in [0.2, 0.25) is 0 Å². The molecule has 1 amide bonds. The number of ether oxygens (including phenoxy) is 1. The number of amides is 1. The molecule has 1 N–H and O–H groups in total. The molecule has 2 aromatic carbocycles. The maximum absolute atomic E-state index is 12.3. The minimum atomic E-state index is -0.0771. The predicted molar refractivity (Wildman–Crippen MR) is 91.7 cm³/mol. The molecular formula is C19H22N2O2. The van der Waals surface area contributed by atoms with E-state index in [1.807, 2.05) is 55.5 Å². The van der Waals surface area contributed by atoms with Crippen LogP contribution in [0, 0.1) is 6.92 Å². The minimum Gasteiger partial charge on any atom is -0.379 e. The third kappa shape index (κ3) is 4.41. The van der Waals surface area contributed by atoms with Crippen molar-refractivity contribution in [1.82, 2.24) is 4.90 Å². The normalized spacial score (nSPS) is 15.3. The van der Waals surface area contributed by atoms with Crippen molar-refractivity contribution in [2.45, 2.75) is 13.5 Å². The number of aryl methyl sites for hydroxylation is 1. The molecule has 0 atom stereocenters. The zero-order valence-electron chi connectivity index (χ0n) is 13.4. The largest absolute Gasteiger partial charge is 0.379 e. The summed E-state index contributed by atoms with van der Waals surface area (Å²) >= 11 is 0. The molecule has 0 aromatic heterocycles. The Bertz CT molecular complexity index is 644. The van der Waals surface area contributed by atoms with E-state index in [1.54, 1.807) is 0 Å². The van der Waals surface area contributed by atoms with Crippen LogP contribution in [0.25, 0.3) is 0 Å². The Morgan fingerprint density at radius 1 is 1.04 bits per heavy atom. The van der Waals surface area contributed by atoms with Gasteiger partial charge in [-0.15, -0.1) is 0 Å². The van der Waals surface area contributed by atoms with Crippen molar-refractivity contribution in [3.05, 3.63) is 65.2 Å². The van der Waals surface area contributed by atoms with Crippen LogP contribution in [-0.2, 0) is 11.3 Å². The fourth-order valence-electron chi connectivity index (χ4n) is 2.62. The Morgan fingerprint density at radius 3 is 2.35 bits per heavy atom. The van der Waals surface area contributed by atoms with Crippen molar-refractivity contribution in [2.75, 3.05) is 31.6 Å². The van der Waals surface area contributed by atoms with Gasteiger partial charge < -0.3 is 10.1 Å². The fourth-order valence-corrected chi connectivity index (χ4v) is 2.62. The van der Waals surface area contributed by atoms with Crippen molar-refractivity contribution < 1.29 is 9.53 Å². The van der Waals surface area contributed by atoms with Gasteiger partial charge >= 0.3 is 0 Å². The first kappa shape index (κ1) is 15.7. The van der Waals surface area contributed by atoms with Gasteiger partial charge in [-0.25, -0.2) is 0 Å². The molecule has 1 heterocycles. The Kier molecular flexibility index (Phi) is 5.05. The Morgan fingerprint density at radius 2 is 1.70 bits per heavy atom. The summed E-state index contributed by atoms with van der Waals surface area (Å²) < 4.78 is 5.36. The van der Waals surface area contributed by atoms with Crippen LogP contribution in [0.1, 0.15) is 21.5 Å². The highest BCUT2D eigenvalue weighted by Gasteiger charge is 2.11. The summed E-state index contributed by atoms with van der Waals surface area (Å²) in [5.41, 5.74) is 3.89. The van der Waals surface area contributed by atoms with E-state index in [9.17, 15) is 4.79 Å². The Balaban J connectivity index is 1.59. The van der Waals surface area contributed by atoms with E-state index in [2.05, 4.69) is 10.2 Å². The van der Waals surface area contributed by atoms with Crippen molar-refractivity contribution in [1.29, 1.82) is 0 Å². The number of benzene rings is 2. The number of morpholine rings is 1. The number of anilines is 1. The molecule has 3 rings (SSSR count). The Labute approximate surface area is 137 Å². The van der Waals surface area contributed by atoms with Crippen LogP contribution in [0.5, 0.6) is 0 Å². The van der Waals surface area contributed by atoms with Crippen LogP contribution >= 0.6 is 0 Å². The number of carbonyl (C=O) groups is 1. The number of nitrogens with one attached hydrogen (secondary N) is 1. The van der Waals surface area contributed by atoms with E-state index >= 15 is 0 Å². The molecule has 0 bridgehead atoms. The topological polar surface area (TPSA) is 41.6 Å². The van der Waals surface area contributed by atoms with Crippen molar-refractivity contribution >= 4 is 11.6 Å². The van der Waals surface area contributed by atoms with Gasteiger partial charge in [-0.3, -0.25) is 9.69 Å². The summed E-state index contributed by atoms with van der Waals surface area (Å²) in [4.78, 5) is 14.6. The molecule has 0 spiro atoms. The second-order valence-corrected chi connectivity index (χ2v) is 5.91. The van der Waals surface area contributed by atoms with Crippen LogP contribution < -0.4 is 5.32 Å². The van der Waals surface area contributed by atoms with Gasteiger partial charge in [-0.05, 0) is 36.8 Å². The molecule has 120 valence electrons. The fraction of sp³-hybridized carbons (Fsp3) is 0.316. The summed E-state index contributed by atoms with van der Waals surface area (Å²) in [6.07, 6.45) is 0. The molecule has 0 aliphatic carbocycles. The lowest BCUT2D eigenvalue weighted by Crippen LogP contribution is -2.35. The molecule has 1 saturated heterocycles. The van der Waals surface area contributed by atoms with Gasteiger partial charge in [0, 0.05) is 30.9 Å². The van der Waals surface area contributed by atoms with Gasteiger partial charge in [-0.1, -0.05) is 29.8 Å². The lowest BCUT2D eigenvalue weighted by Gasteiger charge is -2.26. The van der Waals surface area contributed by atoms with Crippen LogP contribution in [-0.4, -0.2) is 37.1 Å². The van der Waals surface area contributed by atoms with Gasteiger partial charge in [-0.2, -0.15) is 0 Å². The van der Waals surface area contributed by atoms with E-state index in [1.165, 1.54) is 11.1 Å². The summed E-state index contributed by atoms with van der Waals surface area (Å²) in [5.74, 6) is -0.0771. The lowest BCUT2D eigenvalue weighted by atomic mass is 10.1. The molecule has 2 aromatic rings.